The standard InChI is InChI=1S/C14H17ClN4O2/c1-10-7-11(15)4-5-13(10)16-14(21)9-19-8-12(17-18-19)3-2-6-20/h4-5,7-8,20H,2-3,6,9H2,1H3,(H,16,21). The summed E-state index contributed by atoms with van der Waals surface area (Å²) >= 11 is 5.87. The van der Waals surface area contributed by atoms with E-state index < -0.39 is 0 Å². The molecule has 21 heavy (non-hydrogen) atoms. The van der Waals surface area contributed by atoms with E-state index in [4.69, 9.17) is 16.7 Å². The number of aliphatic hydroxyl groups is 1. The lowest BCUT2D eigenvalue weighted by molar-refractivity contribution is -0.116. The molecule has 0 unspecified atom stereocenters. The van der Waals surface area contributed by atoms with Gasteiger partial charge in [-0.2, -0.15) is 0 Å². The normalized spacial score (nSPS) is 10.6. The van der Waals surface area contributed by atoms with Crippen LogP contribution in [-0.4, -0.2) is 32.6 Å². The number of halogens is 1. The molecular formula is C14H17ClN4O2. The largest absolute Gasteiger partial charge is 0.396 e. The second-order valence-electron chi connectivity index (χ2n) is 4.74. The summed E-state index contributed by atoms with van der Waals surface area (Å²) in [5.74, 6) is -0.181. The molecule has 0 radical (unpaired) electrons. The second kappa shape index (κ2) is 7.19. The van der Waals surface area contributed by atoms with Gasteiger partial charge in [0.1, 0.15) is 6.54 Å². The SMILES string of the molecule is Cc1cc(Cl)ccc1NC(=O)Cn1cc(CCCO)nn1. The van der Waals surface area contributed by atoms with Crippen LogP contribution in [0.4, 0.5) is 5.69 Å². The van der Waals surface area contributed by atoms with Crippen LogP contribution in [0.5, 0.6) is 0 Å². The molecule has 6 nitrogen and oxygen atoms in total. The number of hydrogen-bond donors (Lipinski definition) is 2. The topological polar surface area (TPSA) is 80.0 Å². The first-order valence-corrected chi connectivity index (χ1v) is 7.02. The van der Waals surface area contributed by atoms with Crippen LogP contribution in [0.15, 0.2) is 24.4 Å². The van der Waals surface area contributed by atoms with Gasteiger partial charge >= 0.3 is 0 Å². The van der Waals surface area contributed by atoms with Gasteiger partial charge in [0.2, 0.25) is 5.91 Å². The van der Waals surface area contributed by atoms with Crippen LogP contribution >= 0.6 is 11.6 Å². The summed E-state index contributed by atoms with van der Waals surface area (Å²) in [5.41, 5.74) is 2.39. The fourth-order valence-electron chi connectivity index (χ4n) is 1.89. The molecule has 0 fully saturated rings. The molecule has 2 rings (SSSR count). The Hall–Kier alpha value is -1.92. The molecule has 0 atom stereocenters. The van der Waals surface area contributed by atoms with E-state index in [1.165, 1.54) is 4.68 Å². The van der Waals surface area contributed by atoms with Crippen molar-refractivity contribution < 1.29 is 9.90 Å². The summed E-state index contributed by atoms with van der Waals surface area (Å²) in [6.07, 6.45) is 2.99. The van der Waals surface area contributed by atoms with Crippen molar-refractivity contribution in [2.24, 2.45) is 0 Å². The van der Waals surface area contributed by atoms with Gasteiger partial charge in [-0.05, 0) is 43.5 Å². The highest BCUT2D eigenvalue weighted by atomic mass is 35.5. The minimum Gasteiger partial charge on any atom is -0.396 e. The molecule has 0 aliphatic carbocycles. The number of rotatable bonds is 6. The van der Waals surface area contributed by atoms with Crippen LogP contribution in [0.1, 0.15) is 17.7 Å². The Morgan fingerprint density at radius 2 is 2.29 bits per heavy atom. The summed E-state index contributed by atoms with van der Waals surface area (Å²) < 4.78 is 1.48. The molecule has 2 aromatic rings. The van der Waals surface area contributed by atoms with Crippen LogP contribution in [-0.2, 0) is 17.8 Å². The van der Waals surface area contributed by atoms with Crippen LogP contribution in [0.25, 0.3) is 0 Å². The van der Waals surface area contributed by atoms with E-state index >= 15 is 0 Å². The van der Waals surface area contributed by atoms with E-state index in [2.05, 4.69) is 15.6 Å². The Bertz CT molecular complexity index is 627. The maximum absolute atomic E-state index is 12.0. The smallest absolute Gasteiger partial charge is 0.246 e. The van der Waals surface area contributed by atoms with Gasteiger partial charge < -0.3 is 10.4 Å². The first kappa shape index (κ1) is 15.5. The quantitative estimate of drug-likeness (QED) is 0.853. The average molecular weight is 309 g/mol. The first-order chi connectivity index (χ1) is 10.1. The maximum atomic E-state index is 12.0. The van der Waals surface area contributed by atoms with Crippen molar-refractivity contribution >= 4 is 23.2 Å². The summed E-state index contributed by atoms with van der Waals surface area (Å²) in [5, 5.41) is 20.0. The monoisotopic (exact) mass is 308 g/mol. The zero-order valence-electron chi connectivity index (χ0n) is 11.7. The van der Waals surface area contributed by atoms with E-state index in [0.717, 1.165) is 16.9 Å². The number of aryl methyl sites for hydroxylation is 2. The molecule has 112 valence electrons. The maximum Gasteiger partial charge on any atom is 0.246 e. The van der Waals surface area contributed by atoms with E-state index in [1.807, 2.05) is 6.92 Å². The number of carbonyl (C=O) groups is 1. The number of benzene rings is 1. The molecule has 0 bridgehead atoms. The third kappa shape index (κ3) is 4.54. The van der Waals surface area contributed by atoms with Crippen molar-refractivity contribution in [2.75, 3.05) is 11.9 Å². The fraction of sp³-hybridized carbons (Fsp3) is 0.357. The molecule has 2 N–H and O–H groups in total. The van der Waals surface area contributed by atoms with Crippen LogP contribution in [0, 0.1) is 6.92 Å². The summed E-state index contributed by atoms with van der Waals surface area (Å²) in [6.45, 7) is 2.08. The number of nitrogens with zero attached hydrogens (tertiary/aromatic N) is 3. The number of carbonyl (C=O) groups excluding carboxylic acids is 1. The van der Waals surface area contributed by atoms with Crippen LogP contribution in [0.2, 0.25) is 5.02 Å². The average Bonchev–Trinajstić information content (AvgIpc) is 2.87. The van der Waals surface area contributed by atoms with Gasteiger partial charge in [0.25, 0.3) is 0 Å². The first-order valence-electron chi connectivity index (χ1n) is 6.64. The van der Waals surface area contributed by atoms with Crippen molar-refractivity contribution in [1.82, 2.24) is 15.0 Å². The second-order valence-corrected chi connectivity index (χ2v) is 5.18. The molecule has 0 spiro atoms. The predicted octanol–water partition coefficient (Wildman–Crippen LogP) is 1.80. The molecule has 7 heteroatoms. The van der Waals surface area contributed by atoms with Gasteiger partial charge in [-0.15, -0.1) is 5.10 Å². The van der Waals surface area contributed by atoms with Gasteiger partial charge in [0.05, 0.1) is 5.69 Å². The molecule has 0 saturated heterocycles. The Balaban J connectivity index is 1.93. The van der Waals surface area contributed by atoms with Crippen molar-refractivity contribution in [2.45, 2.75) is 26.3 Å². The minimum atomic E-state index is -0.181. The van der Waals surface area contributed by atoms with Crippen LogP contribution < -0.4 is 5.32 Å². The predicted molar refractivity (Wildman–Crippen MR) is 80.2 cm³/mol. The Kier molecular flexibility index (Phi) is 5.30. The van der Waals surface area contributed by atoms with E-state index in [1.54, 1.807) is 24.4 Å². The molecule has 0 aliphatic heterocycles. The molecule has 1 heterocycles. The van der Waals surface area contributed by atoms with E-state index in [-0.39, 0.29) is 19.1 Å². The number of anilines is 1. The van der Waals surface area contributed by atoms with Gasteiger partial charge in [-0.3, -0.25) is 4.79 Å². The summed E-state index contributed by atoms with van der Waals surface area (Å²) in [4.78, 5) is 12.0. The third-order valence-electron chi connectivity index (χ3n) is 2.95. The zero-order valence-corrected chi connectivity index (χ0v) is 12.5. The van der Waals surface area contributed by atoms with Gasteiger partial charge in [-0.25, -0.2) is 4.68 Å². The Morgan fingerprint density at radius 3 is 3.00 bits per heavy atom. The Morgan fingerprint density at radius 1 is 1.48 bits per heavy atom. The highest BCUT2D eigenvalue weighted by Crippen LogP contribution is 2.19. The van der Waals surface area contributed by atoms with E-state index in [9.17, 15) is 4.79 Å². The number of hydrogen-bond acceptors (Lipinski definition) is 4. The van der Waals surface area contributed by atoms with Crippen molar-refractivity contribution in [1.29, 1.82) is 0 Å². The van der Waals surface area contributed by atoms with Gasteiger partial charge in [0, 0.05) is 23.5 Å². The molecule has 0 saturated carbocycles. The van der Waals surface area contributed by atoms with Gasteiger partial charge in [-0.1, -0.05) is 16.8 Å². The number of nitrogens with one attached hydrogen (secondary N) is 1. The fourth-order valence-corrected chi connectivity index (χ4v) is 2.12. The lowest BCUT2D eigenvalue weighted by Gasteiger charge is -2.08. The van der Waals surface area contributed by atoms with E-state index in [0.29, 0.717) is 17.9 Å². The van der Waals surface area contributed by atoms with Gasteiger partial charge in [0.15, 0.2) is 0 Å². The number of amides is 1. The summed E-state index contributed by atoms with van der Waals surface area (Å²) in [7, 11) is 0. The molecule has 0 aliphatic rings. The molecule has 1 amide bonds. The molecular weight excluding hydrogens is 292 g/mol. The molecule has 1 aromatic carbocycles. The Labute approximate surface area is 127 Å². The number of aromatic nitrogens is 3. The molecule has 1 aromatic heterocycles. The highest BCUT2D eigenvalue weighted by molar-refractivity contribution is 6.30. The van der Waals surface area contributed by atoms with Crippen molar-refractivity contribution in [3.05, 3.63) is 40.7 Å². The van der Waals surface area contributed by atoms with Crippen LogP contribution in [0.3, 0.4) is 0 Å². The third-order valence-corrected chi connectivity index (χ3v) is 3.18. The number of aliphatic hydroxyl groups excluding tert-OH is 1. The minimum absolute atomic E-state index is 0.0915. The lowest BCUT2D eigenvalue weighted by atomic mass is 10.2. The van der Waals surface area contributed by atoms with Crippen molar-refractivity contribution in [3.63, 3.8) is 0 Å². The summed E-state index contributed by atoms with van der Waals surface area (Å²) in [6, 6.07) is 5.29. The highest BCUT2D eigenvalue weighted by Gasteiger charge is 2.08. The zero-order chi connectivity index (χ0) is 15.2. The van der Waals surface area contributed by atoms with Crippen molar-refractivity contribution in [3.8, 4) is 0 Å². The lowest BCUT2D eigenvalue weighted by Crippen LogP contribution is -2.19.